The van der Waals surface area contributed by atoms with Gasteiger partial charge in [-0.1, -0.05) is 36.5 Å². The summed E-state index contributed by atoms with van der Waals surface area (Å²) >= 11 is 0.811. The summed E-state index contributed by atoms with van der Waals surface area (Å²) in [5.41, 5.74) is 0.458. The summed E-state index contributed by atoms with van der Waals surface area (Å²) in [5, 5.41) is 9.99. The molecule has 1 atom stereocenters. The normalized spacial score (nSPS) is 12.8. The Morgan fingerprint density at radius 2 is 1.95 bits per heavy atom. The maximum atomic E-state index is 12.1. The first-order chi connectivity index (χ1) is 10.4. The predicted octanol–water partition coefficient (Wildman–Crippen LogP) is 1.87. The van der Waals surface area contributed by atoms with E-state index in [2.05, 4.69) is 20.2 Å². The molecule has 0 saturated heterocycles. The van der Waals surface area contributed by atoms with E-state index < -0.39 is 10.0 Å². The fraction of sp³-hybridized carbons (Fsp3) is 0.308. The highest BCUT2D eigenvalue weighted by Crippen LogP contribution is 2.20. The minimum atomic E-state index is -3.71. The van der Waals surface area contributed by atoms with Gasteiger partial charge in [0.25, 0.3) is 15.9 Å². The maximum Gasteiger partial charge on any atom is 0.270 e. The number of rotatable bonds is 6. The average molecular weight is 340 g/mol. The average Bonchev–Trinajstić information content (AvgIpc) is 2.97. The van der Waals surface area contributed by atoms with Crippen molar-refractivity contribution in [3.8, 4) is 0 Å². The van der Waals surface area contributed by atoms with E-state index in [4.69, 9.17) is 0 Å². The van der Waals surface area contributed by atoms with Crippen molar-refractivity contribution in [3.05, 3.63) is 35.9 Å². The van der Waals surface area contributed by atoms with Crippen molar-refractivity contribution in [1.29, 1.82) is 0 Å². The van der Waals surface area contributed by atoms with Crippen molar-refractivity contribution in [3.63, 3.8) is 0 Å². The fourth-order valence-electron chi connectivity index (χ4n) is 1.53. The first-order valence-corrected chi connectivity index (χ1v) is 8.94. The Bertz CT molecular complexity index is 744. The molecule has 0 saturated carbocycles. The largest absolute Gasteiger partial charge is 0.296 e. The van der Waals surface area contributed by atoms with Crippen LogP contribution in [0.3, 0.4) is 0 Å². The third kappa shape index (κ3) is 4.09. The number of nitrogens with zero attached hydrogens (tertiary/aromatic N) is 2. The highest BCUT2D eigenvalue weighted by molar-refractivity contribution is 7.91. The lowest BCUT2D eigenvalue weighted by atomic mass is 10.2. The second kappa shape index (κ2) is 6.95. The second-order valence-corrected chi connectivity index (χ2v) is 7.49. The zero-order chi connectivity index (χ0) is 16.2. The lowest BCUT2D eigenvalue weighted by Crippen LogP contribution is -2.31. The van der Waals surface area contributed by atoms with Gasteiger partial charge >= 0.3 is 0 Å². The summed E-state index contributed by atoms with van der Waals surface area (Å²) in [7, 11) is -3.71. The van der Waals surface area contributed by atoms with Gasteiger partial charge in [-0.25, -0.2) is 13.1 Å². The van der Waals surface area contributed by atoms with Gasteiger partial charge in [-0.2, -0.15) is 0 Å². The SMILES string of the molecule is CC[C@H](C)NS(=O)(=O)c1nnc(NC(=O)c2ccccc2)s1. The van der Waals surface area contributed by atoms with Gasteiger partial charge in [0.05, 0.1) is 0 Å². The van der Waals surface area contributed by atoms with Crippen molar-refractivity contribution in [2.75, 3.05) is 5.32 Å². The van der Waals surface area contributed by atoms with E-state index in [9.17, 15) is 13.2 Å². The van der Waals surface area contributed by atoms with Gasteiger partial charge < -0.3 is 0 Å². The molecule has 1 aromatic heterocycles. The Hall–Kier alpha value is -1.84. The molecule has 2 rings (SSSR count). The van der Waals surface area contributed by atoms with Crippen LogP contribution in [0.2, 0.25) is 0 Å². The Labute approximate surface area is 132 Å². The molecule has 1 aromatic carbocycles. The number of carbonyl (C=O) groups is 1. The Kier molecular flexibility index (Phi) is 5.22. The maximum absolute atomic E-state index is 12.1. The molecule has 0 bridgehead atoms. The van der Waals surface area contributed by atoms with Crippen LogP contribution in [0.1, 0.15) is 30.6 Å². The third-order valence-electron chi connectivity index (χ3n) is 2.86. The third-order valence-corrected chi connectivity index (χ3v) is 5.66. The van der Waals surface area contributed by atoms with Gasteiger partial charge in [-0.05, 0) is 25.5 Å². The molecular weight excluding hydrogens is 324 g/mol. The molecular formula is C13H16N4O3S2. The van der Waals surface area contributed by atoms with Crippen molar-refractivity contribution in [2.24, 2.45) is 0 Å². The van der Waals surface area contributed by atoms with E-state index in [0.717, 1.165) is 11.3 Å². The minimum Gasteiger partial charge on any atom is -0.296 e. The van der Waals surface area contributed by atoms with E-state index >= 15 is 0 Å². The smallest absolute Gasteiger partial charge is 0.270 e. The first kappa shape index (κ1) is 16.5. The summed E-state index contributed by atoms with van der Waals surface area (Å²) in [6.07, 6.45) is 0.662. The lowest BCUT2D eigenvalue weighted by molar-refractivity contribution is 0.102. The van der Waals surface area contributed by atoms with Crippen LogP contribution in [-0.2, 0) is 10.0 Å². The summed E-state index contributed by atoms with van der Waals surface area (Å²) in [5.74, 6) is -0.365. The molecule has 0 aliphatic carbocycles. The first-order valence-electron chi connectivity index (χ1n) is 6.64. The molecule has 1 amide bonds. The van der Waals surface area contributed by atoms with Gasteiger partial charge in [0.2, 0.25) is 9.47 Å². The Morgan fingerprint density at radius 1 is 1.27 bits per heavy atom. The van der Waals surface area contributed by atoms with E-state index in [1.165, 1.54) is 0 Å². The van der Waals surface area contributed by atoms with Gasteiger partial charge in [-0.15, -0.1) is 10.2 Å². The monoisotopic (exact) mass is 340 g/mol. The van der Waals surface area contributed by atoms with Crippen LogP contribution in [0.5, 0.6) is 0 Å². The number of amides is 1. The molecule has 118 valence electrons. The highest BCUT2D eigenvalue weighted by atomic mass is 32.2. The standard InChI is InChI=1S/C13H16N4O3S2/c1-3-9(2)17-22(19,20)13-16-15-12(21-13)14-11(18)10-7-5-4-6-8-10/h4-9,17H,3H2,1-2H3,(H,14,15,18)/t9-/m0/s1. The number of carbonyl (C=O) groups excluding carboxylic acids is 1. The highest BCUT2D eigenvalue weighted by Gasteiger charge is 2.22. The van der Waals surface area contributed by atoms with Crippen LogP contribution >= 0.6 is 11.3 Å². The number of sulfonamides is 1. The zero-order valence-electron chi connectivity index (χ0n) is 12.1. The van der Waals surface area contributed by atoms with Gasteiger partial charge in [0.1, 0.15) is 0 Å². The number of nitrogens with one attached hydrogen (secondary N) is 2. The van der Waals surface area contributed by atoms with Gasteiger partial charge in [0.15, 0.2) is 0 Å². The zero-order valence-corrected chi connectivity index (χ0v) is 13.7. The van der Waals surface area contributed by atoms with Crippen LogP contribution in [0.4, 0.5) is 5.13 Å². The molecule has 22 heavy (non-hydrogen) atoms. The number of hydrogen-bond donors (Lipinski definition) is 2. The van der Waals surface area contributed by atoms with Crippen LogP contribution in [0.25, 0.3) is 0 Å². The molecule has 2 N–H and O–H groups in total. The van der Waals surface area contributed by atoms with Crippen molar-refractivity contribution in [2.45, 2.75) is 30.6 Å². The second-order valence-electron chi connectivity index (χ2n) is 4.62. The van der Waals surface area contributed by atoms with E-state index in [1.54, 1.807) is 37.3 Å². The molecule has 0 radical (unpaired) electrons. The minimum absolute atomic E-state index is 0.137. The molecule has 1 heterocycles. The number of hydrogen-bond acceptors (Lipinski definition) is 6. The molecule has 0 unspecified atom stereocenters. The summed E-state index contributed by atoms with van der Waals surface area (Å²) in [4.78, 5) is 12.0. The predicted molar refractivity (Wildman–Crippen MR) is 84.4 cm³/mol. The van der Waals surface area contributed by atoms with E-state index in [1.807, 2.05) is 6.92 Å². The molecule has 2 aromatic rings. The molecule has 0 aliphatic rings. The lowest BCUT2D eigenvalue weighted by Gasteiger charge is -2.08. The van der Waals surface area contributed by atoms with Gasteiger partial charge in [0, 0.05) is 11.6 Å². The number of aromatic nitrogens is 2. The van der Waals surface area contributed by atoms with Crippen molar-refractivity contribution >= 4 is 32.4 Å². The summed E-state index contributed by atoms with van der Waals surface area (Å²) in [6, 6.07) is 8.38. The van der Waals surface area contributed by atoms with Crippen LogP contribution < -0.4 is 10.0 Å². The molecule has 0 spiro atoms. The molecule has 9 heteroatoms. The number of benzene rings is 1. The Morgan fingerprint density at radius 3 is 2.59 bits per heavy atom. The van der Waals surface area contributed by atoms with Gasteiger partial charge in [-0.3, -0.25) is 10.1 Å². The van der Waals surface area contributed by atoms with Crippen molar-refractivity contribution < 1.29 is 13.2 Å². The van der Waals surface area contributed by atoms with Crippen LogP contribution in [-0.4, -0.2) is 30.6 Å². The van der Waals surface area contributed by atoms with E-state index in [0.29, 0.717) is 12.0 Å². The molecule has 7 nitrogen and oxygen atoms in total. The number of anilines is 1. The summed E-state index contributed by atoms with van der Waals surface area (Å²) in [6.45, 7) is 3.63. The van der Waals surface area contributed by atoms with Crippen LogP contribution in [0.15, 0.2) is 34.7 Å². The molecule has 0 aliphatic heterocycles. The summed E-state index contributed by atoms with van der Waals surface area (Å²) < 4.78 is 26.4. The quantitative estimate of drug-likeness (QED) is 0.782. The van der Waals surface area contributed by atoms with Crippen molar-refractivity contribution in [1.82, 2.24) is 14.9 Å². The Balaban J connectivity index is 2.10. The van der Waals surface area contributed by atoms with Crippen LogP contribution in [0, 0.1) is 0 Å². The molecule has 0 fully saturated rings. The topological polar surface area (TPSA) is 101 Å². The van der Waals surface area contributed by atoms with E-state index in [-0.39, 0.29) is 21.4 Å². The fourth-order valence-corrected chi connectivity index (χ4v) is 3.76.